The Balaban J connectivity index is 1.72. The summed E-state index contributed by atoms with van der Waals surface area (Å²) in [5, 5.41) is 6.03. The molecule has 0 bridgehead atoms. The molecule has 2 rings (SSSR count). The lowest BCUT2D eigenvalue weighted by molar-refractivity contribution is 0.214. The number of halogens is 1. The minimum Gasteiger partial charge on any atom is -0.486 e. The van der Waals surface area contributed by atoms with Crippen molar-refractivity contribution in [3.05, 3.63) is 54.6 Å². The van der Waals surface area contributed by atoms with Crippen LogP contribution in [0.4, 0.5) is 4.39 Å². The zero-order chi connectivity index (χ0) is 20.4. The molecule has 0 fully saturated rings. The van der Waals surface area contributed by atoms with Crippen LogP contribution in [0.2, 0.25) is 0 Å². The van der Waals surface area contributed by atoms with Gasteiger partial charge in [-0.25, -0.2) is 17.5 Å². The van der Waals surface area contributed by atoms with Crippen LogP contribution in [0, 0.1) is 5.82 Å². The van der Waals surface area contributed by atoms with Crippen LogP contribution in [0.25, 0.3) is 0 Å². The van der Waals surface area contributed by atoms with E-state index < -0.39 is 15.8 Å². The van der Waals surface area contributed by atoms with Crippen LogP contribution in [0.3, 0.4) is 0 Å². The summed E-state index contributed by atoms with van der Waals surface area (Å²) in [5.41, 5.74) is 0. The number of guanidine groups is 1. The van der Waals surface area contributed by atoms with Crippen molar-refractivity contribution in [2.24, 2.45) is 4.99 Å². The Morgan fingerprint density at radius 1 is 1.21 bits per heavy atom. The molecule has 152 valence electrons. The maximum Gasteiger partial charge on any atom is 0.242 e. The van der Waals surface area contributed by atoms with Crippen LogP contribution in [0.1, 0.15) is 6.92 Å². The smallest absolute Gasteiger partial charge is 0.242 e. The molecule has 3 N–H and O–H groups in total. The highest BCUT2D eigenvalue weighted by Crippen LogP contribution is 2.16. The van der Waals surface area contributed by atoms with E-state index in [1.165, 1.54) is 24.5 Å². The molecule has 1 atom stereocenters. The van der Waals surface area contributed by atoms with E-state index in [-0.39, 0.29) is 23.3 Å². The molecule has 1 aromatic carbocycles. The van der Waals surface area contributed by atoms with E-state index in [9.17, 15) is 12.8 Å². The zero-order valence-electron chi connectivity index (χ0n) is 15.7. The Hall–Kier alpha value is -2.72. The quantitative estimate of drug-likeness (QED) is 0.326. The van der Waals surface area contributed by atoms with Crippen molar-refractivity contribution in [3.63, 3.8) is 0 Å². The van der Waals surface area contributed by atoms with E-state index >= 15 is 0 Å². The number of ether oxygens (including phenoxy) is 1. The van der Waals surface area contributed by atoms with Crippen LogP contribution < -0.4 is 20.1 Å². The number of nitrogens with zero attached hydrogens (tertiary/aromatic N) is 2. The molecule has 1 heterocycles. The topological polar surface area (TPSA) is 105 Å². The third-order valence-corrected chi connectivity index (χ3v) is 5.05. The van der Waals surface area contributed by atoms with Crippen molar-refractivity contribution in [3.8, 4) is 5.75 Å². The molecule has 0 radical (unpaired) electrons. The minimum absolute atomic E-state index is 0.108. The molecule has 0 saturated heterocycles. The molecule has 8 nitrogen and oxygen atoms in total. The first-order chi connectivity index (χ1) is 13.4. The van der Waals surface area contributed by atoms with Crippen LogP contribution in [-0.4, -0.2) is 52.1 Å². The van der Waals surface area contributed by atoms with Crippen molar-refractivity contribution in [2.75, 3.05) is 26.7 Å². The van der Waals surface area contributed by atoms with Gasteiger partial charge in [0.05, 0.1) is 6.54 Å². The van der Waals surface area contributed by atoms with Gasteiger partial charge in [-0.2, -0.15) is 0 Å². The van der Waals surface area contributed by atoms with Crippen LogP contribution in [-0.2, 0) is 10.0 Å². The van der Waals surface area contributed by atoms with Crippen molar-refractivity contribution in [2.45, 2.75) is 17.9 Å². The molecule has 0 aliphatic heterocycles. The molecular formula is C18H24FN5O3S. The minimum atomic E-state index is -3.60. The fourth-order valence-electron chi connectivity index (χ4n) is 2.22. The average Bonchev–Trinajstić information content (AvgIpc) is 2.70. The van der Waals surface area contributed by atoms with Gasteiger partial charge in [-0.05, 0) is 31.2 Å². The Morgan fingerprint density at radius 2 is 2.00 bits per heavy atom. The largest absolute Gasteiger partial charge is 0.486 e. The van der Waals surface area contributed by atoms with E-state index in [1.807, 2.05) is 0 Å². The number of sulfonamides is 1. The van der Waals surface area contributed by atoms with E-state index in [0.29, 0.717) is 19.0 Å². The number of para-hydroxylation sites is 1. The van der Waals surface area contributed by atoms with Crippen molar-refractivity contribution in [1.29, 1.82) is 0 Å². The lowest BCUT2D eigenvalue weighted by Gasteiger charge is -2.18. The standard InChI is InChI=1S/C18H24FN5O3S/c1-14(27-17-8-4-3-7-16(17)19)12-23-18(20-2)22-10-11-24-28(25,26)15-6-5-9-21-13-15/h3-9,13-14,24H,10-12H2,1-2H3,(H2,20,22,23). The van der Waals surface area contributed by atoms with Gasteiger partial charge < -0.3 is 15.4 Å². The number of aliphatic imine (C=N–C) groups is 1. The van der Waals surface area contributed by atoms with Gasteiger partial charge in [0, 0.05) is 32.5 Å². The van der Waals surface area contributed by atoms with E-state index in [1.54, 1.807) is 38.2 Å². The van der Waals surface area contributed by atoms with Gasteiger partial charge in [-0.3, -0.25) is 9.98 Å². The highest BCUT2D eigenvalue weighted by molar-refractivity contribution is 7.89. The maximum absolute atomic E-state index is 13.6. The number of benzene rings is 1. The average molecular weight is 409 g/mol. The molecule has 10 heteroatoms. The number of hydrogen-bond donors (Lipinski definition) is 3. The fraction of sp³-hybridized carbons (Fsp3) is 0.333. The molecule has 28 heavy (non-hydrogen) atoms. The molecular weight excluding hydrogens is 385 g/mol. The highest BCUT2D eigenvalue weighted by atomic mass is 32.2. The van der Waals surface area contributed by atoms with Gasteiger partial charge in [-0.15, -0.1) is 0 Å². The second-order valence-corrected chi connectivity index (χ2v) is 7.59. The highest BCUT2D eigenvalue weighted by Gasteiger charge is 2.13. The Kier molecular flexibility index (Phi) is 8.15. The Labute approximate surface area is 164 Å². The number of nitrogens with one attached hydrogen (secondary N) is 3. The molecule has 1 aromatic heterocycles. The van der Waals surface area contributed by atoms with Crippen LogP contribution >= 0.6 is 0 Å². The second kappa shape index (κ2) is 10.6. The predicted octanol–water partition coefficient (Wildman–Crippen LogP) is 1.13. The lowest BCUT2D eigenvalue weighted by atomic mass is 10.3. The Bertz CT molecular complexity index is 878. The van der Waals surface area contributed by atoms with E-state index in [4.69, 9.17) is 4.74 Å². The summed E-state index contributed by atoms with van der Waals surface area (Å²) >= 11 is 0. The zero-order valence-corrected chi connectivity index (χ0v) is 16.5. The maximum atomic E-state index is 13.6. The molecule has 1 unspecified atom stereocenters. The summed E-state index contributed by atoms with van der Waals surface area (Å²) in [6.45, 7) is 2.67. The van der Waals surface area contributed by atoms with Crippen molar-refractivity contribution in [1.82, 2.24) is 20.3 Å². The van der Waals surface area contributed by atoms with Gasteiger partial charge in [0.15, 0.2) is 17.5 Å². The predicted molar refractivity (Wildman–Crippen MR) is 105 cm³/mol. The van der Waals surface area contributed by atoms with Crippen molar-refractivity contribution >= 4 is 16.0 Å². The molecule has 0 aliphatic rings. The normalized spacial score (nSPS) is 13.0. The summed E-state index contributed by atoms with van der Waals surface area (Å²) in [6, 6.07) is 9.23. The number of hydrogen-bond acceptors (Lipinski definition) is 5. The third-order valence-electron chi connectivity index (χ3n) is 3.60. The summed E-state index contributed by atoms with van der Waals surface area (Å²) in [5.74, 6) is 0.242. The molecule has 0 saturated carbocycles. The van der Waals surface area contributed by atoms with Gasteiger partial charge in [0.2, 0.25) is 10.0 Å². The lowest BCUT2D eigenvalue weighted by Crippen LogP contribution is -2.44. The number of pyridine rings is 1. The number of aromatic nitrogens is 1. The summed E-state index contributed by atoms with van der Waals surface area (Å²) in [6.07, 6.45) is 2.49. The molecule has 2 aromatic rings. The Morgan fingerprint density at radius 3 is 2.68 bits per heavy atom. The van der Waals surface area contributed by atoms with Gasteiger partial charge in [0.1, 0.15) is 11.0 Å². The first kappa shape index (κ1) is 21.6. The van der Waals surface area contributed by atoms with E-state index in [0.717, 1.165) is 0 Å². The van der Waals surface area contributed by atoms with Crippen LogP contribution in [0.15, 0.2) is 58.7 Å². The fourth-order valence-corrected chi connectivity index (χ4v) is 3.21. The van der Waals surface area contributed by atoms with Gasteiger partial charge >= 0.3 is 0 Å². The molecule has 0 spiro atoms. The second-order valence-electron chi connectivity index (χ2n) is 5.83. The molecule has 0 amide bonds. The summed E-state index contributed by atoms with van der Waals surface area (Å²) < 4.78 is 45.8. The third kappa shape index (κ3) is 6.78. The van der Waals surface area contributed by atoms with E-state index in [2.05, 4.69) is 25.3 Å². The number of rotatable bonds is 9. The van der Waals surface area contributed by atoms with Gasteiger partial charge in [0.25, 0.3) is 0 Å². The monoisotopic (exact) mass is 409 g/mol. The summed E-state index contributed by atoms with van der Waals surface area (Å²) in [4.78, 5) is 7.96. The first-order valence-electron chi connectivity index (χ1n) is 8.68. The van der Waals surface area contributed by atoms with Crippen LogP contribution in [0.5, 0.6) is 5.75 Å². The SMILES string of the molecule is CN=C(NCCNS(=O)(=O)c1cccnc1)NCC(C)Oc1ccccc1F. The van der Waals surface area contributed by atoms with Gasteiger partial charge in [-0.1, -0.05) is 12.1 Å². The molecule has 0 aliphatic carbocycles. The first-order valence-corrected chi connectivity index (χ1v) is 10.2. The van der Waals surface area contributed by atoms with Crippen molar-refractivity contribution < 1.29 is 17.5 Å². The summed E-state index contributed by atoms with van der Waals surface area (Å²) in [7, 11) is -2.00.